The zero-order chi connectivity index (χ0) is 21.6. The van der Waals surface area contributed by atoms with Crippen molar-refractivity contribution in [1.29, 1.82) is 0 Å². The van der Waals surface area contributed by atoms with Crippen molar-refractivity contribution in [3.05, 3.63) is 95.1 Å². The first-order valence-electron chi connectivity index (χ1n) is 12.2. The van der Waals surface area contributed by atoms with Crippen LogP contribution < -0.4 is 9.64 Å². The van der Waals surface area contributed by atoms with E-state index in [0.717, 1.165) is 51.5 Å². The number of rotatable bonds is 7. The van der Waals surface area contributed by atoms with Crippen LogP contribution >= 0.6 is 0 Å². The predicted molar refractivity (Wildman–Crippen MR) is 133 cm³/mol. The van der Waals surface area contributed by atoms with Gasteiger partial charge in [-0.05, 0) is 66.1 Å². The van der Waals surface area contributed by atoms with Gasteiger partial charge in [0, 0.05) is 44.8 Å². The van der Waals surface area contributed by atoms with Gasteiger partial charge < -0.3 is 9.64 Å². The van der Waals surface area contributed by atoms with Gasteiger partial charge in [0.1, 0.15) is 5.75 Å². The van der Waals surface area contributed by atoms with Crippen LogP contribution in [0.5, 0.6) is 5.75 Å². The molecule has 2 aliphatic rings. The maximum Gasteiger partial charge on any atom is 0.122 e. The number of hydrogen-bond acceptors (Lipinski definition) is 3. The molecule has 0 atom stereocenters. The SMILES string of the molecule is c1ccc(N2CCN(Cc3ccc(CCOc4cccc5c4CCCC5)cc3)CC2)cc1. The first-order chi connectivity index (χ1) is 15.8. The summed E-state index contributed by atoms with van der Waals surface area (Å²) in [5.74, 6) is 1.11. The average Bonchev–Trinajstić information content (AvgIpc) is 2.86. The number of aryl methyl sites for hydroxylation is 1. The fourth-order valence-corrected chi connectivity index (χ4v) is 5.03. The Balaban J connectivity index is 1.08. The molecule has 3 heteroatoms. The number of benzene rings is 3. The van der Waals surface area contributed by atoms with Crippen LogP contribution in [-0.2, 0) is 25.8 Å². The summed E-state index contributed by atoms with van der Waals surface area (Å²) < 4.78 is 6.19. The standard InChI is InChI=1S/C29H34N2O/c1-2-9-27(10-3-1)31-20-18-30(19-21-31)23-25-15-13-24(14-16-25)17-22-32-29-12-6-8-26-7-4-5-11-28(26)29/h1-3,6,8-10,12-16H,4-5,7,11,17-23H2. The van der Waals surface area contributed by atoms with Crippen molar-refractivity contribution in [2.75, 3.05) is 37.7 Å². The third kappa shape index (κ3) is 5.16. The summed E-state index contributed by atoms with van der Waals surface area (Å²) in [6.07, 6.45) is 5.93. The second-order valence-electron chi connectivity index (χ2n) is 9.11. The molecule has 1 aliphatic carbocycles. The summed E-state index contributed by atoms with van der Waals surface area (Å²) in [7, 11) is 0. The van der Waals surface area contributed by atoms with Gasteiger partial charge in [-0.3, -0.25) is 4.90 Å². The lowest BCUT2D eigenvalue weighted by atomic mass is 9.91. The van der Waals surface area contributed by atoms with E-state index in [2.05, 4.69) is 82.6 Å². The molecule has 166 valence electrons. The Hall–Kier alpha value is -2.78. The molecule has 3 aromatic rings. The van der Waals surface area contributed by atoms with E-state index in [1.807, 2.05) is 0 Å². The lowest BCUT2D eigenvalue weighted by molar-refractivity contribution is 0.250. The number of para-hydroxylation sites is 1. The Morgan fingerprint density at radius 3 is 2.25 bits per heavy atom. The largest absolute Gasteiger partial charge is 0.493 e. The predicted octanol–water partition coefficient (Wildman–Crippen LogP) is 5.51. The summed E-state index contributed by atoms with van der Waals surface area (Å²) in [4.78, 5) is 5.06. The Bertz CT molecular complexity index is 991. The number of nitrogens with zero attached hydrogens (tertiary/aromatic N) is 2. The molecular formula is C29H34N2O. The van der Waals surface area contributed by atoms with Crippen molar-refractivity contribution in [1.82, 2.24) is 4.90 Å². The summed E-state index contributed by atoms with van der Waals surface area (Å²) >= 11 is 0. The third-order valence-corrected chi connectivity index (χ3v) is 6.92. The van der Waals surface area contributed by atoms with E-state index in [-0.39, 0.29) is 0 Å². The maximum absolute atomic E-state index is 6.19. The summed E-state index contributed by atoms with van der Waals surface area (Å²) in [5, 5.41) is 0. The van der Waals surface area contributed by atoms with E-state index in [0.29, 0.717) is 0 Å². The molecule has 1 saturated heterocycles. The van der Waals surface area contributed by atoms with E-state index >= 15 is 0 Å². The molecule has 0 aromatic heterocycles. The van der Waals surface area contributed by atoms with Crippen LogP contribution in [0.4, 0.5) is 5.69 Å². The number of anilines is 1. The van der Waals surface area contributed by atoms with Crippen molar-refractivity contribution in [3.63, 3.8) is 0 Å². The van der Waals surface area contributed by atoms with Crippen LogP contribution in [0.3, 0.4) is 0 Å². The number of piperazine rings is 1. The third-order valence-electron chi connectivity index (χ3n) is 6.92. The van der Waals surface area contributed by atoms with E-state index < -0.39 is 0 Å². The second kappa shape index (κ2) is 10.2. The van der Waals surface area contributed by atoms with Gasteiger partial charge in [0.15, 0.2) is 0 Å². The Kier molecular flexibility index (Phi) is 6.74. The van der Waals surface area contributed by atoms with Crippen LogP contribution in [0.15, 0.2) is 72.8 Å². The van der Waals surface area contributed by atoms with Crippen molar-refractivity contribution < 1.29 is 4.74 Å². The molecule has 32 heavy (non-hydrogen) atoms. The quantitative estimate of drug-likeness (QED) is 0.495. The van der Waals surface area contributed by atoms with Crippen LogP contribution in [-0.4, -0.2) is 37.7 Å². The molecule has 3 aromatic carbocycles. The second-order valence-corrected chi connectivity index (χ2v) is 9.11. The molecule has 1 heterocycles. The fraction of sp³-hybridized carbons (Fsp3) is 0.379. The van der Waals surface area contributed by atoms with Crippen molar-refractivity contribution in [2.24, 2.45) is 0 Å². The van der Waals surface area contributed by atoms with Crippen molar-refractivity contribution in [2.45, 2.75) is 38.6 Å². The number of ether oxygens (including phenoxy) is 1. The Morgan fingerprint density at radius 2 is 1.44 bits per heavy atom. The van der Waals surface area contributed by atoms with Gasteiger partial charge in [0.25, 0.3) is 0 Å². The van der Waals surface area contributed by atoms with Gasteiger partial charge in [-0.25, -0.2) is 0 Å². The highest BCUT2D eigenvalue weighted by atomic mass is 16.5. The molecule has 0 bridgehead atoms. The molecule has 1 aliphatic heterocycles. The molecule has 0 N–H and O–H groups in total. The van der Waals surface area contributed by atoms with Crippen molar-refractivity contribution in [3.8, 4) is 5.75 Å². The van der Waals surface area contributed by atoms with E-state index in [9.17, 15) is 0 Å². The van der Waals surface area contributed by atoms with Crippen LogP contribution in [0.1, 0.15) is 35.1 Å². The molecule has 0 amide bonds. The number of fused-ring (bicyclic) bond motifs is 1. The first-order valence-corrected chi connectivity index (χ1v) is 12.2. The van der Waals surface area contributed by atoms with Gasteiger partial charge in [-0.15, -0.1) is 0 Å². The zero-order valence-corrected chi connectivity index (χ0v) is 19.0. The molecule has 0 unspecified atom stereocenters. The van der Waals surface area contributed by atoms with Crippen molar-refractivity contribution >= 4 is 5.69 Å². The summed E-state index contributed by atoms with van der Waals surface area (Å²) in [6.45, 7) is 6.22. The zero-order valence-electron chi connectivity index (χ0n) is 19.0. The minimum atomic E-state index is 0.747. The first kappa shape index (κ1) is 21.1. The minimum absolute atomic E-state index is 0.747. The van der Waals surface area contributed by atoms with E-state index in [1.54, 1.807) is 0 Å². The lowest BCUT2D eigenvalue weighted by Gasteiger charge is -2.36. The van der Waals surface area contributed by atoms with Gasteiger partial charge in [0.05, 0.1) is 6.61 Å². The van der Waals surface area contributed by atoms with Gasteiger partial charge in [0.2, 0.25) is 0 Å². The molecule has 0 saturated carbocycles. The van der Waals surface area contributed by atoms with Crippen LogP contribution in [0.25, 0.3) is 0 Å². The Morgan fingerprint density at radius 1 is 0.688 bits per heavy atom. The van der Waals surface area contributed by atoms with Gasteiger partial charge in [-0.2, -0.15) is 0 Å². The molecule has 5 rings (SSSR count). The molecule has 3 nitrogen and oxygen atoms in total. The molecular weight excluding hydrogens is 392 g/mol. The topological polar surface area (TPSA) is 15.7 Å². The number of hydrogen-bond donors (Lipinski definition) is 0. The monoisotopic (exact) mass is 426 g/mol. The molecule has 0 radical (unpaired) electrons. The molecule has 0 spiro atoms. The minimum Gasteiger partial charge on any atom is -0.493 e. The highest BCUT2D eigenvalue weighted by Crippen LogP contribution is 2.29. The van der Waals surface area contributed by atoms with E-state index in [1.165, 1.54) is 53.6 Å². The fourth-order valence-electron chi connectivity index (χ4n) is 5.03. The lowest BCUT2D eigenvalue weighted by Crippen LogP contribution is -2.45. The smallest absolute Gasteiger partial charge is 0.122 e. The Labute approximate surface area is 192 Å². The van der Waals surface area contributed by atoms with Gasteiger partial charge in [-0.1, -0.05) is 54.6 Å². The summed E-state index contributed by atoms with van der Waals surface area (Å²) in [6, 6.07) is 26.5. The van der Waals surface area contributed by atoms with Crippen LogP contribution in [0.2, 0.25) is 0 Å². The normalized spacial score (nSPS) is 16.6. The summed E-state index contributed by atoms with van der Waals surface area (Å²) in [5.41, 5.74) is 7.03. The van der Waals surface area contributed by atoms with Gasteiger partial charge >= 0.3 is 0 Å². The average molecular weight is 427 g/mol. The highest BCUT2D eigenvalue weighted by molar-refractivity contribution is 5.46. The maximum atomic E-state index is 6.19. The van der Waals surface area contributed by atoms with E-state index in [4.69, 9.17) is 4.74 Å². The van der Waals surface area contributed by atoms with Crippen LogP contribution in [0, 0.1) is 0 Å². The highest BCUT2D eigenvalue weighted by Gasteiger charge is 2.17. The molecule has 1 fully saturated rings.